The molecular weight excluding hydrogens is 394 g/mol. The molecule has 0 spiro atoms. The zero-order chi connectivity index (χ0) is 21.3. The average molecular weight is 420 g/mol. The largest absolute Gasteiger partial charge is 0.491 e. The maximum atomic E-state index is 12.4. The van der Waals surface area contributed by atoms with Gasteiger partial charge in [-0.1, -0.05) is 25.1 Å². The first-order valence-corrected chi connectivity index (χ1v) is 10.3. The van der Waals surface area contributed by atoms with Gasteiger partial charge in [0, 0.05) is 22.6 Å². The normalized spacial score (nSPS) is 11.3. The van der Waals surface area contributed by atoms with Gasteiger partial charge in [0.1, 0.15) is 5.75 Å². The highest BCUT2D eigenvalue weighted by Crippen LogP contribution is 2.19. The Bertz CT molecular complexity index is 974. The molecule has 1 atom stereocenters. The SMILES string of the molecule is CCC(C)Oc1ccc(C(=O)NC(=S)Nc2ccc(Nc3ccccc3)cc2)cc1. The molecule has 3 rings (SSSR count). The van der Waals surface area contributed by atoms with Gasteiger partial charge in [-0.05, 0) is 86.2 Å². The summed E-state index contributed by atoms with van der Waals surface area (Å²) >= 11 is 5.27. The zero-order valence-corrected chi connectivity index (χ0v) is 17.8. The van der Waals surface area contributed by atoms with E-state index in [1.54, 1.807) is 24.3 Å². The molecule has 0 aromatic heterocycles. The maximum Gasteiger partial charge on any atom is 0.257 e. The fraction of sp³-hybridized carbons (Fsp3) is 0.167. The third-order valence-electron chi connectivity index (χ3n) is 4.46. The molecule has 5 nitrogen and oxygen atoms in total. The molecule has 3 N–H and O–H groups in total. The van der Waals surface area contributed by atoms with E-state index in [9.17, 15) is 4.79 Å². The second-order valence-electron chi connectivity index (χ2n) is 6.84. The summed E-state index contributed by atoms with van der Waals surface area (Å²) < 4.78 is 5.73. The first-order chi connectivity index (χ1) is 14.5. The van der Waals surface area contributed by atoms with Crippen LogP contribution in [0.5, 0.6) is 5.75 Å². The second-order valence-corrected chi connectivity index (χ2v) is 7.25. The molecule has 3 aromatic carbocycles. The van der Waals surface area contributed by atoms with Gasteiger partial charge in [-0.15, -0.1) is 0 Å². The van der Waals surface area contributed by atoms with E-state index in [1.807, 2.05) is 61.5 Å². The molecule has 0 aliphatic heterocycles. The van der Waals surface area contributed by atoms with Gasteiger partial charge in [-0.25, -0.2) is 0 Å². The average Bonchev–Trinajstić information content (AvgIpc) is 2.76. The third-order valence-corrected chi connectivity index (χ3v) is 4.67. The zero-order valence-electron chi connectivity index (χ0n) is 17.0. The Kier molecular flexibility index (Phi) is 7.40. The number of thiocarbonyl (C=S) groups is 1. The van der Waals surface area contributed by atoms with Crippen molar-refractivity contribution in [2.45, 2.75) is 26.4 Å². The van der Waals surface area contributed by atoms with Crippen molar-refractivity contribution in [3.8, 4) is 5.75 Å². The van der Waals surface area contributed by atoms with Crippen LogP contribution in [0, 0.1) is 0 Å². The summed E-state index contributed by atoms with van der Waals surface area (Å²) in [4.78, 5) is 12.4. The Morgan fingerprint density at radius 3 is 2.13 bits per heavy atom. The summed E-state index contributed by atoms with van der Waals surface area (Å²) in [5.41, 5.74) is 3.28. The summed E-state index contributed by atoms with van der Waals surface area (Å²) in [5.74, 6) is 0.468. The molecule has 1 unspecified atom stereocenters. The molecule has 6 heteroatoms. The van der Waals surface area contributed by atoms with Crippen molar-refractivity contribution >= 4 is 40.3 Å². The van der Waals surface area contributed by atoms with Crippen molar-refractivity contribution in [3.05, 3.63) is 84.4 Å². The topological polar surface area (TPSA) is 62.4 Å². The van der Waals surface area contributed by atoms with E-state index in [0.29, 0.717) is 5.56 Å². The van der Waals surface area contributed by atoms with E-state index in [4.69, 9.17) is 17.0 Å². The Hall–Kier alpha value is -3.38. The van der Waals surface area contributed by atoms with Crippen LogP contribution in [0.2, 0.25) is 0 Å². The summed E-state index contributed by atoms with van der Waals surface area (Å²) in [7, 11) is 0. The van der Waals surface area contributed by atoms with Gasteiger partial charge in [0.15, 0.2) is 5.11 Å². The Labute approximate surface area is 182 Å². The predicted octanol–water partition coefficient (Wildman–Crippen LogP) is 5.73. The van der Waals surface area contributed by atoms with Gasteiger partial charge in [-0.3, -0.25) is 10.1 Å². The standard InChI is InChI=1S/C24H25N3O2S/c1-3-17(2)29-22-15-9-18(10-16-22)23(28)27-24(30)26-21-13-11-20(12-14-21)25-19-7-5-4-6-8-19/h4-17,25H,3H2,1-2H3,(H2,26,27,28,30). The number of carbonyl (C=O) groups is 1. The van der Waals surface area contributed by atoms with Gasteiger partial charge < -0.3 is 15.4 Å². The number of anilines is 3. The number of amides is 1. The quantitative estimate of drug-likeness (QED) is 0.427. The van der Waals surface area contributed by atoms with E-state index < -0.39 is 0 Å². The van der Waals surface area contributed by atoms with Crippen LogP contribution < -0.4 is 20.7 Å². The minimum Gasteiger partial charge on any atom is -0.491 e. The van der Waals surface area contributed by atoms with E-state index in [2.05, 4.69) is 22.9 Å². The molecular formula is C24H25N3O2S. The first kappa shape index (κ1) is 21.3. The fourth-order valence-corrected chi connectivity index (χ4v) is 2.87. The van der Waals surface area contributed by atoms with Crippen LogP contribution in [0.1, 0.15) is 30.6 Å². The first-order valence-electron chi connectivity index (χ1n) is 9.84. The molecule has 0 radical (unpaired) electrons. The third kappa shape index (κ3) is 6.32. The molecule has 0 fully saturated rings. The number of para-hydroxylation sites is 1. The number of hydrogen-bond acceptors (Lipinski definition) is 4. The lowest BCUT2D eigenvalue weighted by atomic mass is 10.2. The number of hydrogen-bond donors (Lipinski definition) is 3. The lowest BCUT2D eigenvalue weighted by Gasteiger charge is -2.13. The Morgan fingerprint density at radius 2 is 1.50 bits per heavy atom. The highest BCUT2D eigenvalue weighted by Gasteiger charge is 2.09. The van der Waals surface area contributed by atoms with Crippen LogP contribution in [0.4, 0.5) is 17.1 Å². The monoisotopic (exact) mass is 419 g/mol. The minimum atomic E-state index is -0.273. The molecule has 0 aliphatic rings. The van der Waals surface area contributed by atoms with Gasteiger partial charge in [0.05, 0.1) is 6.10 Å². The molecule has 3 aromatic rings. The van der Waals surface area contributed by atoms with Crippen LogP contribution in [0.25, 0.3) is 0 Å². The van der Waals surface area contributed by atoms with Crippen LogP contribution in [0.3, 0.4) is 0 Å². The van der Waals surface area contributed by atoms with Gasteiger partial charge >= 0.3 is 0 Å². The van der Waals surface area contributed by atoms with Crippen LogP contribution in [-0.2, 0) is 0 Å². The molecule has 0 bridgehead atoms. The van der Waals surface area contributed by atoms with E-state index in [-0.39, 0.29) is 17.1 Å². The number of benzene rings is 3. The van der Waals surface area contributed by atoms with Gasteiger partial charge in [-0.2, -0.15) is 0 Å². The summed E-state index contributed by atoms with van der Waals surface area (Å²) in [6.07, 6.45) is 1.06. The fourth-order valence-electron chi connectivity index (χ4n) is 2.66. The predicted molar refractivity (Wildman–Crippen MR) is 127 cm³/mol. The Balaban J connectivity index is 1.51. The van der Waals surface area contributed by atoms with Gasteiger partial charge in [0.2, 0.25) is 0 Å². The smallest absolute Gasteiger partial charge is 0.257 e. The number of nitrogens with one attached hydrogen (secondary N) is 3. The van der Waals surface area contributed by atoms with Crippen molar-refractivity contribution in [3.63, 3.8) is 0 Å². The second kappa shape index (κ2) is 10.4. The minimum absolute atomic E-state index is 0.135. The van der Waals surface area contributed by atoms with Crippen LogP contribution >= 0.6 is 12.2 Å². The van der Waals surface area contributed by atoms with E-state index >= 15 is 0 Å². The molecule has 30 heavy (non-hydrogen) atoms. The van der Waals surface area contributed by atoms with Crippen molar-refractivity contribution in [2.24, 2.45) is 0 Å². The van der Waals surface area contributed by atoms with Crippen molar-refractivity contribution in [2.75, 3.05) is 10.6 Å². The van der Waals surface area contributed by atoms with Crippen molar-refractivity contribution in [1.29, 1.82) is 0 Å². The molecule has 154 valence electrons. The highest BCUT2D eigenvalue weighted by molar-refractivity contribution is 7.80. The van der Waals surface area contributed by atoms with E-state index in [1.165, 1.54) is 0 Å². The number of rotatable bonds is 7. The van der Waals surface area contributed by atoms with Crippen molar-refractivity contribution in [1.82, 2.24) is 5.32 Å². The Morgan fingerprint density at radius 1 is 0.900 bits per heavy atom. The summed E-state index contributed by atoms with van der Waals surface area (Å²) in [6, 6.07) is 24.6. The summed E-state index contributed by atoms with van der Waals surface area (Å²) in [5, 5.41) is 9.28. The summed E-state index contributed by atoms with van der Waals surface area (Å²) in [6.45, 7) is 4.07. The van der Waals surface area contributed by atoms with E-state index in [0.717, 1.165) is 29.2 Å². The molecule has 0 saturated carbocycles. The maximum absolute atomic E-state index is 12.4. The molecule has 0 heterocycles. The molecule has 0 saturated heterocycles. The van der Waals surface area contributed by atoms with Crippen molar-refractivity contribution < 1.29 is 9.53 Å². The molecule has 1 amide bonds. The van der Waals surface area contributed by atoms with Crippen LogP contribution in [0.15, 0.2) is 78.9 Å². The lowest BCUT2D eigenvalue weighted by Crippen LogP contribution is -2.34. The number of carbonyl (C=O) groups excluding carboxylic acids is 1. The van der Waals surface area contributed by atoms with Crippen LogP contribution in [-0.4, -0.2) is 17.1 Å². The highest BCUT2D eigenvalue weighted by atomic mass is 32.1. The van der Waals surface area contributed by atoms with Gasteiger partial charge in [0.25, 0.3) is 5.91 Å². The number of ether oxygens (including phenoxy) is 1. The molecule has 0 aliphatic carbocycles. The lowest BCUT2D eigenvalue weighted by molar-refractivity contribution is 0.0977.